The van der Waals surface area contributed by atoms with Crippen LogP contribution in [0.3, 0.4) is 0 Å². The lowest BCUT2D eigenvalue weighted by atomic mass is 10.6. The van der Waals surface area contributed by atoms with Gasteiger partial charge in [-0.3, -0.25) is 4.79 Å². The van der Waals surface area contributed by atoms with E-state index < -0.39 is 12.1 Å². The van der Waals surface area contributed by atoms with Gasteiger partial charge in [0, 0.05) is 13.0 Å². The lowest BCUT2D eigenvalue weighted by Crippen LogP contribution is -2.31. The van der Waals surface area contributed by atoms with Gasteiger partial charge in [-0.2, -0.15) is 0 Å². The molecular formula is C10H16N2O5. The summed E-state index contributed by atoms with van der Waals surface area (Å²) in [5.74, 6) is -0.740. The van der Waals surface area contributed by atoms with Crippen LogP contribution in [0.1, 0.15) is 6.92 Å². The third kappa shape index (κ3) is 10.2. The molecule has 0 saturated carbocycles. The SMILES string of the molecule is C=CC(=O)OCCNC(=O)OCCNC(C)=O. The fourth-order valence-corrected chi connectivity index (χ4v) is 0.785. The molecule has 0 rings (SSSR count). The van der Waals surface area contributed by atoms with Crippen molar-refractivity contribution >= 4 is 18.0 Å². The van der Waals surface area contributed by atoms with Gasteiger partial charge in [0.1, 0.15) is 13.2 Å². The van der Waals surface area contributed by atoms with Crippen LogP contribution in [0.15, 0.2) is 12.7 Å². The van der Waals surface area contributed by atoms with E-state index in [2.05, 4.69) is 21.9 Å². The van der Waals surface area contributed by atoms with Crippen LogP contribution < -0.4 is 10.6 Å². The van der Waals surface area contributed by atoms with Crippen LogP contribution in [0, 0.1) is 0 Å². The van der Waals surface area contributed by atoms with E-state index in [0.29, 0.717) is 0 Å². The van der Waals surface area contributed by atoms with Gasteiger partial charge in [0.25, 0.3) is 0 Å². The Morgan fingerprint density at radius 2 is 1.71 bits per heavy atom. The van der Waals surface area contributed by atoms with E-state index in [1.807, 2.05) is 0 Å². The monoisotopic (exact) mass is 244 g/mol. The summed E-state index contributed by atoms with van der Waals surface area (Å²) in [6.45, 7) is 5.12. The molecule has 0 atom stereocenters. The van der Waals surface area contributed by atoms with E-state index in [1.54, 1.807) is 0 Å². The van der Waals surface area contributed by atoms with E-state index in [-0.39, 0.29) is 32.2 Å². The molecule has 0 saturated heterocycles. The van der Waals surface area contributed by atoms with Crippen molar-refractivity contribution in [2.75, 3.05) is 26.3 Å². The van der Waals surface area contributed by atoms with Crippen molar-refractivity contribution in [3.8, 4) is 0 Å². The number of hydrogen-bond donors (Lipinski definition) is 2. The summed E-state index contributed by atoms with van der Waals surface area (Å²) in [7, 11) is 0. The number of esters is 1. The van der Waals surface area contributed by atoms with E-state index in [0.717, 1.165) is 6.08 Å². The van der Waals surface area contributed by atoms with E-state index in [4.69, 9.17) is 4.74 Å². The molecule has 0 bridgehead atoms. The number of rotatable bonds is 7. The fraction of sp³-hybridized carbons (Fsp3) is 0.500. The quantitative estimate of drug-likeness (QED) is 0.360. The Hall–Kier alpha value is -2.05. The molecule has 0 spiro atoms. The number of ether oxygens (including phenoxy) is 2. The highest BCUT2D eigenvalue weighted by Crippen LogP contribution is 1.80. The first-order chi connectivity index (χ1) is 8.06. The zero-order valence-electron chi connectivity index (χ0n) is 9.65. The van der Waals surface area contributed by atoms with Crippen molar-refractivity contribution in [1.82, 2.24) is 10.6 Å². The van der Waals surface area contributed by atoms with Crippen LogP contribution in [-0.2, 0) is 19.1 Å². The standard InChI is InChI=1S/C10H16N2O5/c1-3-9(14)16-6-5-12-10(15)17-7-4-11-8(2)13/h3H,1,4-7H2,2H3,(H,11,13)(H,12,15). The number of hydrogen-bond acceptors (Lipinski definition) is 5. The van der Waals surface area contributed by atoms with Crippen LogP contribution in [0.25, 0.3) is 0 Å². The predicted octanol–water partition coefficient (Wildman–Crippen LogP) is -0.422. The third-order valence-electron chi connectivity index (χ3n) is 1.49. The van der Waals surface area contributed by atoms with Gasteiger partial charge in [-0.15, -0.1) is 0 Å². The van der Waals surface area contributed by atoms with Crippen LogP contribution in [-0.4, -0.2) is 44.3 Å². The first-order valence-corrected chi connectivity index (χ1v) is 5.00. The summed E-state index contributed by atoms with van der Waals surface area (Å²) in [4.78, 5) is 32.1. The highest BCUT2D eigenvalue weighted by molar-refractivity contribution is 5.81. The highest BCUT2D eigenvalue weighted by atomic mass is 16.6. The van der Waals surface area contributed by atoms with Gasteiger partial charge in [0.2, 0.25) is 5.91 Å². The van der Waals surface area contributed by atoms with Gasteiger partial charge in [-0.05, 0) is 0 Å². The summed E-state index contributed by atoms with van der Waals surface area (Å²) >= 11 is 0. The minimum absolute atomic E-state index is 0.0473. The molecule has 0 radical (unpaired) electrons. The minimum atomic E-state index is -0.634. The summed E-state index contributed by atoms with van der Waals surface area (Å²) in [5, 5.41) is 4.83. The minimum Gasteiger partial charge on any atom is -0.461 e. The van der Waals surface area contributed by atoms with Crippen molar-refractivity contribution < 1.29 is 23.9 Å². The second-order valence-corrected chi connectivity index (χ2v) is 2.92. The van der Waals surface area contributed by atoms with Gasteiger partial charge < -0.3 is 20.1 Å². The van der Waals surface area contributed by atoms with Crippen LogP contribution >= 0.6 is 0 Å². The number of amides is 2. The number of nitrogens with one attached hydrogen (secondary N) is 2. The van der Waals surface area contributed by atoms with Crippen molar-refractivity contribution in [3.05, 3.63) is 12.7 Å². The number of alkyl carbamates (subject to hydrolysis) is 1. The highest BCUT2D eigenvalue weighted by Gasteiger charge is 2.01. The maximum absolute atomic E-state index is 11.0. The summed E-state index contributed by atoms with van der Waals surface area (Å²) in [5.41, 5.74) is 0. The van der Waals surface area contributed by atoms with E-state index in [1.165, 1.54) is 6.92 Å². The predicted molar refractivity (Wildman–Crippen MR) is 59.2 cm³/mol. The smallest absolute Gasteiger partial charge is 0.407 e. The Labute approximate surface area is 99.1 Å². The van der Waals surface area contributed by atoms with Gasteiger partial charge in [0.05, 0.1) is 13.1 Å². The first kappa shape index (κ1) is 14.9. The molecule has 0 aromatic heterocycles. The normalized spacial score (nSPS) is 9.00. The molecule has 0 heterocycles. The molecule has 17 heavy (non-hydrogen) atoms. The third-order valence-corrected chi connectivity index (χ3v) is 1.49. The van der Waals surface area contributed by atoms with E-state index in [9.17, 15) is 14.4 Å². The molecule has 0 aromatic carbocycles. The Balaban J connectivity index is 3.37. The molecule has 0 aromatic rings. The average Bonchev–Trinajstić information content (AvgIpc) is 2.29. The molecular weight excluding hydrogens is 228 g/mol. The lowest BCUT2D eigenvalue weighted by molar-refractivity contribution is -0.137. The molecule has 0 unspecified atom stereocenters. The van der Waals surface area contributed by atoms with Gasteiger partial charge in [0.15, 0.2) is 0 Å². The molecule has 0 aliphatic carbocycles. The van der Waals surface area contributed by atoms with Crippen molar-refractivity contribution in [2.45, 2.75) is 6.92 Å². The Bertz CT molecular complexity index is 290. The van der Waals surface area contributed by atoms with Gasteiger partial charge in [-0.25, -0.2) is 9.59 Å². The Kier molecular flexibility index (Phi) is 8.09. The van der Waals surface area contributed by atoms with Crippen LogP contribution in [0.2, 0.25) is 0 Å². The van der Waals surface area contributed by atoms with Gasteiger partial charge in [-0.1, -0.05) is 6.58 Å². The summed E-state index contributed by atoms with van der Waals surface area (Å²) in [6.07, 6.45) is 0.399. The topological polar surface area (TPSA) is 93.7 Å². The molecule has 96 valence electrons. The second kappa shape index (κ2) is 9.20. The Morgan fingerprint density at radius 1 is 1.12 bits per heavy atom. The molecule has 7 nitrogen and oxygen atoms in total. The first-order valence-electron chi connectivity index (χ1n) is 5.00. The molecule has 0 aliphatic heterocycles. The average molecular weight is 244 g/mol. The van der Waals surface area contributed by atoms with Gasteiger partial charge >= 0.3 is 12.1 Å². The molecule has 2 amide bonds. The number of carbonyl (C=O) groups excluding carboxylic acids is 3. The van der Waals surface area contributed by atoms with Crippen LogP contribution in [0.5, 0.6) is 0 Å². The van der Waals surface area contributed by atoms with Crippen molar-refractivity contribution in [2.24, 2.45) is 0 Å². The summed E-state index contributed by atoms with van der Waals surface area (Å²) in [6, 6.07) is 0. The fourth-order valence-electron chi connectivity index (χ4n) is 0.785. The largest absolute Gasteiger partial charge is 0.461 e. The van der Waals surface area contributed by atoms with E-state index >= 15 is 0 Å². The van der Waals surface area contributed by atoms with Crippen LogP contribution in [0.4, 0.5) is 4.79 Å². The second-order valence-electron chi connectivity index (χ2n) is 2.92. The number of carbonyl (C=O) groups is 3. The zero-order valence-corrected chi connectivity index (χ0v) is 9.65. The molecule has 0 aliphatic rings. The maximum Gasteiger partial charge on any atom is 0.407 e. The maximum atomic E-state index is 11.0. The molecule has 2 N–H and O–H groups in total. The lowest BCUT2D eigenvalue weighted by Gasteiger charge is -2.07. The molecule has 0 fully saturated rings. The molecule has 7 heteroatoms. The van der Waals surface area contributed by atoms with Crippen molar-refractivity contribution in [1.29, 1.82) is 0 Å². The zero-order chi connectivity index (χ0) is 13.1. The Morgan fingerprint density at radius 3 is 2.29 bits per heavy atom. The van der Waals surface area contributed by atoms with Crippen molar-refractivity contribution in [3.63, 3.8) is 0 Å². The summed E-state index contributed by atoms with van der Waals surface area (Å²) < 4.78 is 9.31.